The van der Waals surface area contributed by atoms with Gasteiger partial charge in [-0.25, -0.2) is 4.39 Å². The molecule has 0 saturated heterocycles. The highest BCUT2D eigenvalue weighted by atomic mass is 35.5. The van der Waals surface area contributed by atoms with E-state index in [1.54, 1.807) is 30.3 Å². The minimum atomic E-state index is -0.362. The normalized spacial score (nSPS) is 12.2. The lowest BCUT2D eigenvalue weighted by Crippen LogP contribution is -2.12. The molecule has 0 fully saturated rings. The summed E-state index contributed by atoms with van der Waals surface area (Å²) in [5.74, 6) is 1.46. The van der Waals surface area contributed by atoms with Crippen molar-refractivity contribution < 1.29 is 9.13 Å². The van der Waals surface area contributed by atoms with E-state index >= 15 is 0 Å². The average molecular weight is 426 g/mol. The van der Waals surface area contributed by atoms with Crippen molar-refractivity contribution in [1.29, 1.82) is 0 Å². The van der Waals surface area contributed by atoms with Gasteiger partial charge in [0.1, 0.15) is 11.6 Å². The second-order valence-electron chi connectivity index (χ2n) is 5.80. The van der Waals surface area contributed by atoms with E-state index in [-0.39, 0.29) is 11.9 Å². The van der Waals surface area contributed by atoms with E-state index in [2.05, 4.69) is 10.2 Å². The lowest BCUT2D eigenvalue weighted by atomic mass is 10.2. The summed E-state index contributed by atoms with van der Waals surface area (Å²) < 4.78 is 21.7. The van der Waals surface area contributed by atoms with Gasteiger partial charge in [-0.05, 0) is 43.7 Å². The molecular formula is C19H18Cl2FN3OS. The highest BCUT2D eigenvalue weighted by Crippen LogP contribution is 2.32. The van der Waals surface area contributed by atoms with Gasteiger partial charge in [0.25, 0.3) is 0 Å². The monoisotopic (exact) mass is 425 g/mol. The van der Waals surface area contributed by atoms with E-state index in [0.29, 0.717) is 44.6 Å². The van der Waals surface area contributed by atoms with Crippen molar-refractivity contribution in [2.45, 2.75) is 37.4 Å². The number of hydrogen-bond acceptors (Lipinski definition) is 4. The van der Waals surface area contributed by atoms with Gasteiger partial charge in [-0.1, -0.05) is 53.2 Å². The van der Waals surface area contributed by atoms with Crippen LogP contribution in [0.4, 0.5) is 4.39 Å². The number of nitrogens with zero attached hydrogens (tertiary/aromatic N) is 3. The van der Waals surface area contributed by atoms with E-state index < -0.39 is 0 Å². The van der Waals surface area contributed by atoms with Crippen LogP contribution in [-0.4, -0.2) is 14.8 Å². The minimum Gasteiger partial charge on any atom is -0.481 e. The smallest absolute Gasteiger partial charge is 0.191 e. The van der Waals surface area contributed by atoms with Crippen LogP contribution in [0.1, 0.15) is 31.3 Å². The summed E-state index contributed by atoms with van der Waals surface area (Å²) in [5.41, 5.74) is 0.631. The molecule has 1 heterocycles. The first-order valence-electron chi connectivity index (χ1n) is 8.40. The number of rotatable bonds is 7. The van der Waals surface area contributed by atoms with Gasteiger partial charge in [-0.2, -0.15) is 0 Å². The fourth-order valence-corrected chi connectivity index (χ4v) is 4.03. The van der Waals surface area contributed by atoms with Crippen molar-refractivity contribution in [3.8, 4) is 5.75 Å². The lowest BCUT2D eigenvalue weighted by molar-refractivity contribution is 0.210. The average Bonchev–Trinajstić information content (AvgIpc) is 3.06. The Kier molecular flexibility index (Phi) is 6.63. The van der Waals surface area contributed by atoms with Crippen molar-refractivity contribution in [2.24, 2.45) is 0 Å². The van der Waals surface area contributed by atoms with Gasteiger partial charge < -0.3 is 9.30 Å². The second kappa shape index (κ2) is 8.95. The van der Waals surface area contributed by atoms with Crippen molar-refractivity contribution >= 4 is 35.0 Å². The quantitative estimate of drug-likeness (QED) is 0.423. The molecule has 0 bridgehead atoms. The fraction of sp³-hybridized carbons (Fsp3) is 0.263. The third-order valence-corrected chi connectivity index (χ3v) is 5.48. The Bertz CT molecular complexity index is 935. The molecule has 0 N–H and O–H groups in total. The van der Waals surface area contributed by atoms with Crippen LogP contribution in [0.25, 0.3) is 0 Å². The van der Waals surface area contributed by atoms with Crippen LogP contribution in [0, 0.1) is 5.82 Å². The molecule has 142 valence electrons. The summed E-state index contributed by atoms with van der Waals surface area (Å²) in [5, 5.41) is 10.2. The fourth-order valence-electron chi connectivity index (χ4n) is 2.58. The van der Waals surface area contributed by atoms with E-state index in [4.69, 9.17) is 27.9 Å². The van der Waals surface area contributed by atoms with Crippen LogP contribution >= 0.6 is 35.0 Å². The number of thioether (sulfide) groups is 1. The Balaban J connectivity index is 1.75. The van der Waals surface area contributed by atoms with E-state index in [9.17, 15) is 4.39 Å². The van der Waals surface area contributed by atoms with Gasteiger partial charge in [0.2, 0.25) is 0 Å². The molecule has 2 aromatic carbocycles. The molecule has 1 aromatic heterocycles. The number of aromatic nitrogens is 3. The molecule has 0 aliphatic heterocycles. The van der Waals surface area contributed by atoms with E-state index in [0.717, 1.165) is 0 Å². The van der Waals surface area contributed by atoms with Crippen molar-refractivity contribution in [3.05, 3.63) is 69.7 Å². The standard InChI is InChI=1S/C19H18Cl2FN3OS/c1-3-25-18(12(2)26-17-9-8-14(20)10-15(17)21)23-24-19(25)27-11-13-6-4-5-7-16(13)22/h4-10,12H,3,11H2,1-2H3. The molecule has 3 aromatic rings. The Labute approximate surface area is 171 Å². The number of benzene rings is 2. The molecule has 0 aliphatic rings. The van der Waals surface area contributed by atoms with Crippen LogP contribution in [0.5, 0.6) is 5.75 Å². The predicted molar refractivity (Wildman–Crippen MR) is 107 cm³/mol. The summed E-state index contributed by atoms with van der Waals surface area (Å²) in [6.45, 7) is 4.55. The zero-order chi connectivity index (χ0) is 19.4. The topological polar surface area (TPSA) is 39.9 Å². The largest absolute Gasteiger partial charge is 0.481 e. The van der Waals surface area contributed by atoms with Gasteiger partial charge >= 0.3 is 0 Å². The second-order valence-corrected chi connectivity index (χ2v) is 7.59. The molecule has 0 aliphatic carbocycles. The molecule has 0 spiro atoms. The first kappa shape index (κ1) is 20.0. The molecule has 3 rings (SSSR count). The first-order valence-corrected chi connectivity index (χ1v) is 10.1. The van der Waals surface area contributed by atoms with Crippen molar-refractivity contribution in [3.63, 3.8) is 0 Å². The van der Waals surface area contributed by atoms with Crippen molar-refractivity contribution in [2.75, 3.05) is 0 Å². The molecule has 1 unspecified atom stereocenters. The van der Waals surface area contributed by atoms with Gasteiger partial charge in [0, 0.05) is 17.3 Å². The Morgan fingerprint density at radius 3 is 2.67 bits per heavy atom. The molecule has 4 nitrogen and oxygen atoms in total. The molecule has 0 amide bonds. The zero-order valence-electron chi connectivity index (χ0n) is 14.8. The summed E-state index contributed by atoms with van der Waals surface area (Å²) in [4.78, 5) is 0. The Hall–Kier alpha value is -1.76. The first-order chi connectivity index (χ1) is 13.0. The maximum atomic E-state index is 13.8. The third kappa shape index (κ3) is 4.75. The number of hydrogen-bond donors (Lipinski definition) is 0. The molecule has 1 atom stereocenters. The number of halogens is 3. The van der Waals surface area contributed by atoms with Crippen LogP contribution in [-0.2, 0) is 12.3 Å². The number of ether oxygens (including phenoxy) is 1. The van der Waals surface area contributed by atoms with Crippen LogP contribution in [0.3, 0.4) is 0 Å². The maximum Gasteiger partial charge on any atom is 0.191 e. The predicted octanol–water partition coefficient (Wildman–Crippen LogP) is 6.18. The molecular weight excluding hydrogens is 408 g/mol. The van der Waals surface area contributed by atoms with Crippen LogP contribution in [0.2, 0.25) is 10.0 Å². The minimum absolute atomic E-state index is 0.220. The maximum absolute atomic E-state index is 13.8. The van der Waals surface area contributed by atoms with Gasteiger partial charge in [0.05, 0.1) is 5.02 Å². The van der Waals surface area contributed by atoms with Gasteiger partial charge in [-0.15, -0.1) is 10.2 Å². The van der Waals surface area contributed by atoms with Crippen LogP contribution in [0.15, 0.2) is 47.6 Å². The highest BCUT2D eigenvalue weighted by molar-refractivity contribution is 7.98. The molecule has 27 heavy (non-hydrogen) atoms. The third-order valence-electron chi connectivity index (χ3n) is 3.94. The Morgan fingerprint density at radius 2 is 1.96 bits per heavy atom. The summed E-state index contributed by atoms with van der Waals surface area (Å²) in [6, 6.07) is 11.8. The lowest BCUT2D eigenvalue weighted by Gasteiger charge is -2.16. The van der Waals surface area contributed by atoms with Gasteiger partial charge in [-0.3, -0.25) is 0 Å². The Morgan fingerprint density at radius 1 is 1.19 bits per heavy atom. The van der Waals surface area contributed by atoms with E-state index in [1.165, 1.54) is 17.8 Å². The highest BCUT2D eigenvalue weighted by Gasteiger charge is 2.20. The molecule has 8 heteroatoms. The summed E-state index contributed by atoms with van der Waals surface area (Å²) in [6.07, 6.45) is -0.362. The summed E-state index contributed by atoms with van der Waals surface area (Å²) in [7, 11) is 0. The molecule has 0 saturated carbocycles. The van der Waals surface area contributed by atoms with E-state index in [1.807, 2.05) is 24.5 Å². The SMILES string of the molecule is CCn1c(SCc2ccccc2F)nnc1C(C)Oc1ccc(Cl)cc1Cl. The van der Waals surface area contributed by atoms with Crippen LogP contribution < -0.4 is 4.74 Å². The zero-order valence-corrected chi connectivity index (χ0v) is 17.2. The molecule has 0 radical (unpaired) electrons. The summed E-state index contributed by atoms with van der Waals surface area (Å²) >= 11 is 13.5. The van der Waals surface area contributed by atoms with Crippen molar-refractivity contribution in [1.82, 2.24) is 14.8 Å². The van der Waals surface area contributed by atoms with Gasteiger partial charge in [0.15, 0.2) is 17.1 Å².